The van der Waals surface area contributed by atoms with Gasteiger partial charge >= 0.3 is 0 Å². The average molecular weight is 244 g/mol. The molecule has 1 saturated heterocycles. The van der Waals surface area contributed by atoms with Crippen molar-refractivity contribution < 1.29 is 14.0 Å². The molecule has 0 bridgehead atoms. The number of fused-ring (bicyclic) bond motifs is 1. The van der Waals surface area contributed by atoms with E-state index >= 15 is 0 Å². The number of imide groups is 1. The number of carbonyl (C=O) groups is 2. The summed E-state index contributed by atoms with van der Waals surface area (Å²) in [5.74, 6) is -0.799. The van der Waals surface area contributed by atoms with Gasteiger partial charge in [-0.1, -0.05) is 0 Å². The van der Waals surface area contributed by atoms with Crippen molar-refractivity contribution in [1.29, 1.82) is 0 Å². The number of furan rings is 1. The summed E-state index contributed by atoms with van der Waals surface area (Å²) in [7, 11) is 0. The standard InChI is InChI=1S/C13H12N2O3/c14-7-1-2-8-10(6-18-11(8)5-7)9-3-4-12(16)15-13(9)17/h1-2,5-6,9H,3-4,14H2,(H,15,16,17). The maximum absolute atomic E-state index is 11.8. The predicted molar refractivity (Wildman–Crippen MR) is 65.8 cm³/mol. The molecule has 2 aromatic rings. The van der Waals surface area contributed by atoms with Gasteiger partial charge in [-0.05, 0) is 18.6 Å². The van der Waals surface area contributed by atoms with Crippen LogP contribution in [0.2, 0.25) is 0 Å². The monoisotopic (exact) mass is 244 g/mol. The first-order valence-electron chi connectivity index (χ1n) is 5.75. The number of rotatable bonds is 1. The van der Waals surface area contributed by atoms with Crippen LogP contribution in [0.1, 0.15) is 24.3 Å². The lowest BCUT2D eigenvalue weighted by Crippen LogP contribution is -2.39. The Hall–Kier alpha value is -2.30. The number of hydrogen-bond donors (Lipinski definition) is 2. The van der Waals surface area contributed by atoms with Crippen LogP contribution in [0.5, 0.6) is 0 Å². The smallest absolute Gasteiger partial charge is 0.234 e. The highest BCUT2D eigenvalue weighted by Crippen LogP contribution is 2.33. The summed E-state index contributed by atoms with van der Waals surface area (Å²) in [6.45, 7) is 0. The third-order valence-electron chi connectivity index (χ3n) is 3.24. The van der Waals surface area contributed by atoms with E-state index in [9.17, 15) is 9.59 Å². The molecule has 0 radical (unpaired) electrons. The Bertz CT molecular complexity index is 645. The number of anilines is 1. The maximum atomic E-state index is 11.8. The minimum atomic E-state index is -0.326. The second kappa shape index (κ2) is 3.87. The van der Waals surface area contributed by atoms with Crippen LogP contribution < -0.4 is 11.1 Å². The van der Waals surface area contributed by atoms with Gasteiger partial charge in [0.15, 0.2) is 0 Å². The van der Waals surface area contributed by atoms with Crippen LogP contribution in [-0.2, 0) is 9.59 Å². The highest BCUT2D eigenvalue weighted by atomic mass is 16.3. The van der Waals surface area contributed by atoms with Crippen molar-refractivity contribution >= 4 is 28.5 Å². The van der Waals surface area contributed by atoms with E-state index in [-0.39, 0.29) is 17.7 Å². The molecule has 92 valence electrons. The Balaban J connectivity index is 2.04. The molecule has 2 amide bonds. The van der Waals surface area contributed by atoms with Gasteiger partial charge in [0.1, 0.15) is 5.58 Å². The number of piperidine rings is 1. The van der Waals surface area contributed by atoms with Gasteiger partial charge in [-0.2, -0.15) is 0 Å². The van der Waals surface area contributed by atoms with Gasteiger partial charge < -0.3 is 10.2 Å². The van der Waals surface area contributed by atoms with Crippen LogP contribution in [-0.4, -0.2) is 11.8 Å². The van der Waals surface area contributed by atoms with Gasteiger partial charge in [0.25, 0.3) is 0 Å². The fourth-order valence-electron chi connectivity index (χ4n) is 2.33. The fourth-order valence-corrected chi connectivity index (χ4v) is 2.33. The van der Waals surface area contributed by atoms with E-state index in [0.29, 0.717) is 24.1 Å². The summed E-state index contributed by atoms with van der Waals surface area (Å²) in [6.07, 6.45) is 2.45. The lowest BCUT2D eigenvalue weighted by Gasteiger charge is -2.19. The fraction of sp³-hybridized carbons (Fsp3) is 0.231. The predicted octanol–water partition coefficient (Wildman–Crippen LogP) is 1.54. The molecular formula is C13H12N2O3. The molecule has 5 heteroatoms. The van der Waals surface area contributed by atoms with Crippen molar-refractivity contribution in [1.82, 2.24) is 5.32 Å². The summed E-state index contributed by atoms with van der Waals surface area (Å²) >= 11 is 0. The number of nitrogen functional groups attached to an aromatic ring is 1. The largest absolute Gasteiger partial charge is 0.464 e. The molecule has 0 spiro atoms. The first kappa shape index (κ1) is 10.8. The van der Waals surface area contributed by atoms with Crippen LogP contribution in [0.15, 0.2) is 28.9 Å². The first-order valence-corrected chi connectivity index (χ1v) is 5.75. The third kappa shape index (κ3) is 1.64. The van der Waals surface area contributed by atoms with Crippen molar-refractivity contribution in [3.63, 3.8) is 0 Å². The molecule has 1 aliphatic rings. The Morgan fingerprint density at radius 3 is 2.94 bits per heavy atom. The minimum Gasteiger partial charge on any atom is -0.464 e. The van der Waals surface area contributed by atoms with Crippen LogP contribution in [0.3, 0.4) is 0 Å². The molecule has 0 aliphatic carbocycles. The lowest BCUT2D eigenvalue weighted by molar-refractivity contribution is -0.134. The van der Waals surface area contributed by atoms with E-state index in [2.05, 4.69) is 5.32 Å². The molecule has 1 aliphatic heterocycles. The molecule has 2 heterocycles. The number of nitrogens with two attached hydrogens (primary N) is 1. The molecular weight excluding hydrogens is 232 g/mol. The maximum Gasteiger partial charge on any atom is 0.234 e. The van der Waals surface area contributed by atoms with Crippen LogP contribution in [0.25, 0.3) is 11.0 Å². The average Bonchev–Trinajstić information content (AvgIpc) is 2.72. The van der Waals surface area contributed by atoms with E-state index in [4.69, 9.17) is 10.2 Å². The molecule has 1 unspecified atom stereocenters. The Morgan fingerprint density at radius 2 is 2.17 bits per heavy atom. The molecule has 1 aromatic heterocycles. The van der Waals surface area contributed by atoms with Gasteiger partial charge in [0.05, 0.1) is 12.2 Å². The van der Waals surface area contributed by atoms with Crippen molar-refractivity contribution in [2.24, 2.45) is 0 Å². The van der Waals surface area contributed by atoms with Gasteiger partial charge in [-0.3, -0.25) is 14.9 Å². The molecule has 3 rings (SSSR count). The van der Waals surface area contributed by atoms with Crippen molar-refractivity contribution in [2.45, 2.75) is 18.8 Å². The molecule has 3 N–H and O–H groups in total. The Labute approximate surface area is 103 Å². The second-order valence-corrected chi connectivity index (χ2v) is 4.45. The first-order chi connectivity index (χ1) is 8.65. The zero-order valence-corrected chi connectivity index (χ0v) is 9.60. The summed E-state index contributed by atoms with van der Waals surface area (Å²) in [5.41, 5.74) is 7.77. The Kier molecular flexibility index (Phi) is 2.33. The summed E-state index contributed by atoms with van der Waals surface area (Å²) < 4.78 is 5.41. The summed E-state index contributed by atoms with van der Waals surface area (Å²) in [5, 5.41) is 3.22. The van der Waals surface area contributed by atoms with Crippen LogP contribution in [0, 0.1) is 0 Å². The topological polar surface area (TPSA) is 85.3 Å². The van der Waals surface area contributed by atoms with Gasteiger partial charge in [-0.25, -0.2) is 0 Å². The number of nitrogens with one attached hydrogen (secondary N) is 1. The Morgan fingerprint density at radius 1 is 1.33 bits per heavy atom. The third-order valence-corrected chi connectivity index (χ3v) is 3.24. The molecule has 18 heavy (non-hydrogen) atoms. The van der Waals surface area contributed by atoms with Gasteiger partial charge in [0, 0.05) is 29.1 Å². The highest BCUT2D eigenvalue weighted by molar-refractivity contribution is 6.02. The van der Waals surface area contributed by atoms with Crippen LogP contribution in [0.4, 0.5) is 5.69 Å². The zero-order chi connectivity index (χ0) is 12.7. The van der Waals surface area contributed by atoms with Gasteiger partial charge in [0.2, 0.25) is 11.8 Å². The summed E-state index contributed by atoms with van der Waals surface area (Å²) in [6, 6.07) is 5.34. The summed E-state index contributed by atoms with van der Waals surface area (Å²) in [4.78, 5) is 22.9. The minimum absolute atomic E-state index is 0.215. The van der Waals surface area contributed by atoms with Crippen molar-refractivity contribution in [3.8, 4) is 0 Å². The van der Waals surface area contributed by atoms with E-state index < -0.39 is 0 Å². The lowest BCUT2D eigenvalue weighted by atomic mass is 9.90. The van der Waals surface area contributed by atoms with E-state index in [1.807, 2.05) is 6.07 Å². The normalized spacial score (nSPS) is 20.1. The van der Waals surface area contributed by atoms with E-state index in [0.717, 1.165) is 10.9 Å². The van der Waals surface area contributed by atoms with E-state index in [1.165, 1.54) is 0 Å². The molecule has 1 atom stereocenters. The zero-order valence-electron chi connectivity index (χ0n) is 9.60. The number of hydrogen-bond acceptors (Lipinski definition) is 4. The second-order valence-electron chi connectivity index (χ2n) is 4.45. The molecule has 5 nitrogen and oxygen atoms in total. The SMILES string of the molecule is Nc1ccc2c(C3CCC(=O)NC3=O)coc2c1. The van der Waals surface area contributed by atoms with Crippen molar-refractivity contribution in [3.05, 3.63) is 30.0 Å². The molecule has 1 fully saturated rings. The molecule has 0 saturated carbocycles. The highest BCUT2D eigenvalue weighted by Gasteiger charge is 2.30. The number of benzene rings is 1. The molecule has 1 aromatic carbocycles. The quantitative estimate of drug-likeness (QED) is 0.588. The van der Waals surface area contributed by atoms with E-state index in [1.54, 1.807) is 18.4 Å². The number of amides is 2. The number of carbonyl (C=O) groups excluding carboxylic acids is 2. The van der Waals surface area contributed by atoms with Crippen molar-refractivity contribution in [2.75, 3.05) is 5.73 Å². The van der Waals surface area contributed by atoms with Crippen LogP contribution >= 0.6 is 0 Å². The van der Waals surface area contributed by atoms with Gasteiger partial charge in [-0.15, -0.1) is 0 Å².